The molecular formula is C18H40O7P2Si. The third-order valence-corrected chi connectivity index (χ3v) is 11.9. The zero-order chi connectivity index (χ0) is 22.8. The highest BCUT2D eigenvalue weighted by molar-refractivity contribution is 7.86. The molecule has 0 saturated heterocycles. The van der Waals surface area contributed by atoms with Gasteiger partial charge in [-0.3, -0.25) is 13.9 Å². The molecule has 0 aromatic carbocycles. The molecule has 28 heavy (non-hydrogen) atoms. The van der Waals surface area contributed by atoms with Crippen molar-refractivity contribution >= 4 is 28.8 Å². The maximum Gasteiger partial charge on any atom is 0.371 e. The SMILES string of the molecule is CCOP(=O)(C(=O)C(C)(C)C)C(C)(O[Si](C)(C)C)P(=O)(OC(C)C)OC(C)C. The third kappa shape index (κ3) is 6.60. The minimum atomic E-state index is -4.32. The lowest BCUT2D eigenvalue weighted by Crippen LogP contribution is -2.45. The van der Waals surface area contributed by atoms with Crippen LogP contribution in [-0.4, -0.2) is 37.7 Å². The van der Waals surface area contributed by atoms with E-state index < -0.39 is 51.5 Å². The summed E-state index contributed by atoms with van der Waals surface area (Å²) in [4.78, 5) is 13.3. The summed E-state index contributed by atoms with van der Waals surface area (Å²) in [5, 5.41) is -2.06. The predicted molar refractivity (Wildman–Crippen MR) is 117 cm³/mol. The smallest absolute Gasteiger partial charge is 0.371 e. The monoisotopic (exact) mass is 458 g/mol. The number of rotatable bonds is 11. The Labute approximate surface area is 172 Å². The average molecular weight is 459 g/mol. The van der Waals surface area contributed by atoms with Gasteiger partial charge in [0.1, 0.15) is 0 Å². The van der Waals surface area contributed by atoms with E-state index in [9.17, 15) is 13.9 Å². The Morgan fingerprint density at radius 3 is 1.57 bits per heavy atom. The topological polar surface area (TPSA) is 88.1 Å². The molecule has 0 fully saturated rings. The van der Waals surface area contributed by atoms with E-state index in [1.165, 1.54) is 6.92 Å². The van der Waals surface area contributed by atoms with E-state index >= 15 is 0 Å². The normalized spacial score (nSPS) is 18.2. The first kappa shape index (κ1) is 28.2. The first-order valence-electron chi connectivity index (χ1n) is 9.72. The second-order valence-corrected chi connectivity index (χ2v) is 19.2. The van der Waals surface area contributed by atoms with E-state index in [4.69, 9.17) is 18.0 Å². The van der Waals surface area contributed by atoms with Gasteiger partial charge in [-0.15, -0.1) is 0 Å². The Hall–Kier alpha value is 0.187. The Morgan fingerprint density at radius 2 is 1.32 bits per heavy atom. The molecule has 0 saturated carbocycles. The zero-order valence-electron chi connectivity index (χ0n) is 19.6. The van der Waals surface area contributed by atoms with Gasteiger partial charge in [0.25, 0.3) is 0 Å². The molecule has 0 aliphatic rings. The Kier molecular flexibility index (Phi) is 9.61. The van der Waals surface area contributed by atoms with Gasteiger partial charge in [0.05, 0.1) is 18.8 Å². The van der Waals surface area contributed by atoms with Crippen LogP contribution in [0.4, 0.5) is 0 Å². The maximum absolute atomic E-state index is 14.3. The molecular weight excluding hydrogens is 418 g/mol. The van der Waals surface area contributed by atoms with Gasteiger partial charge in [-0.25, -0.2) is 0 Å². The molecule has 168 valence electrons. The molecule has 0 radical (unpaired) electrons. The second-order valence-electron chi connectivity index (χ2n) is 9.48. The van der Waals surface area contributed by atoms with Crippen LogP contribution in [0.2, 0.25) is 19.6 Å². The van der Waals surface area contributed by atoms with Crippen molar-refractivity contribution in [3.8, 4) is 0 Å². The molecule has 2 atom stereocenters. The minimum Gasteiger partial charge on any atom is -0.394 e. The van der Waals surface area contributed by atoms with Crippen molar-refractivity contribution in [2.45, 2.75) is 99.2 Å². The largest absolute Gasteiger partial charge is 0.394 e. The molecule has 0 bridgehead atoms. The fourth-order valence-corrected chi connectivity index (χ4v) is 11.9. The van der Waals surface area contributed by atoms with Crippen LogP contribution in [0.5, 0.6) is 0 Å². The van der Waals surface area contributed by atoms with E-state index in [0.717, 1.165) is 0 Å². The minimum absolute atomic E-state index is 0.00684. The summed E-state index contributed by atoms with van der Waals surface area (Å²) >= 11 is 0. The molecule has 0 aromatic heterocycles. The summed E-state index contributed by atoms with van der Waals surface area (Å²) in [5.74, 6) is 0. The van der Waals surface area contributed by atoms with Crippen molar-refractivity contribution < 1.29 is 31.9 Å². The van der Waals surface area contributed by atoms with Crippen molar-refractivity contribution in [3.63, 3.8) is 0 Å². The van der Waals surface area contributed by atoms with E-state index in [-0.39, 0.29) is 6.61 Å². The first-order chi connectivity index (χ1) is 12.3. The van der Waals surface area contributed by atoms with Crippen LogP contribution in [0.3, 0.4) is 0 Å². The van der Waals surface area contributed by atoms with Gasteiger partial charge in [0, 0.05) is 5.41 Å². The van der Waals surface area contributed by atoms with Gasteiger partial charge >= 0.3 is 15.0 Å². The van der Waals surface area contributed by atoms with Crippen molar-refractivity contribution in [1.82, 2.24) is 0 Å². The van der Waals surface area contributed by atoms with Crippen LogP contribution in [0.1, 0.15) is 62.3 Å². The highest BCUT2D eigenvalue weighted by atomic mass is 31.2. The summed E-state index contributed by atoms with van der Waals surface area (Å²) in [6, 6.07) is 0. The summed E-state index contributed by atoms with van der Waals surface area (Å²) < 4.78 is 51.7. The Bertz CT molecular complexity index is 621. The molecule has 0 amide bonds. The Balaban J connectivity index is 7.03. The van der Waals surface area contributed by atoms with Gasteiger partial charge in [0.2, 0.25) is 10.6 Å². The van der Waals surface area contributed by atoms with Gasteiger partial charge in [0.15, 0.2) is 8.32 Å². The van der Waals surface area contributed by atoms with Gasteiger partial charge in [-0.1, -0.05) is 20.8 Å². The van der Waals surface area contributed by atoms with Crippen molar-refractivity contribution in [1.29, 1.82) is 0 Å². The number of carbonyl (C=O) groups excluding carboxylic acids is 1. The molecule has 0 aromatic rings. The first-order valence-corrected chi connectivity index (χ1v) is 16.3. The Morgan fingerprint density at radius 1 is 0.929 bits per heavy atom. The van der Waals surface area contributed by atoms with E-state index in [1.807, 2.05) is 19.6 Å². The second kappa shape index (κ2) is 9.55. The molecule has 0 heterocycles. The molecule has 0 spiro atoms. The van der Waals surface area contributed by atoms with Crippen LogP contribution in [0.25, 0.3) is 0 Å². The molecule has 0 aliphatic carbocycles. The van der Waals surface area contributed by atoms with Crippen molar-refractivity contribution in [2.75, 3.05) is 6.61 Å². The lowest BCUT2D eigenvalue weighted by Gasteiger charge is -2.45. The number of carbonyl (C=O) groups is 1. The van der Waals surface area contributed by atoms with E-state index in [0.29, 0.717) is 0 Å². The molecule has 0 rings (SSSR count). The van der Waals surface area contributed by atoms with E-state index in [2.05, 4.69) is 0 Å². The van der Waals surface area contributed by atoms with Crippen molar-refractivity contribution in [3.05, 3.63) is 0 Å². The standard InChI is InChI=1S/C18H40O7P2Si/c1-13-22-26(20,16(19)17(6,7)8)18(9,25-28(10,11)12)27(21,23-14(2)3)24-15(4)5/h14-15H,13H2,1-12H3. The molecule has 0 N–H and O–H groups in total. The van der Waals surface area contributed by atoms with Crippen molar-refractivity contribution in [2.24, 2.45) is 5.41 Å². The molecule has 10 heteroatoms. The zero-order valence-corrected chi connectivity index (χ0v) is 22.4. The lowest BCUT2D eigenvalue weighted by atomic mass is 9.99. The highest BCUT2D eigenvalue weighted by Crippen LogP contribution is 2.80. The van der Waals surface area contributed by atoms with E-state index in [1.54, 1.807) is 55.4 Å². The lowest BCUT2D eigenvalue weighted by molar-refractivity contribution is -0.119. The summed E-state index contributed by atoms with van der Waals surface area (Å²) in [5.41, 5.74) is -1.66. The fourth-order valence-electron chi connectivity index (χ4n) is 2.62. The van der Waals surface area contributed by atoms with Gasteiger partial charge in [-0.2, -0.15) is 0 Å². The van der Waals surface area contributed by atoms with Crippen LogP contribution in [0.15, 0.2) is 0 Å². The third-order valence-electron chi connectivity index (χ3n) is 3.47. The number of hydrogen-bond acceptors (Lipinski definition) is 7. The van der Waals surface area contributed by atoms with Crippen LogP contribution in [-0.2, 0) is 31.9 Å². The predicted octanol–water partition coefficient (Wildman–Crippen LogP) is 6.44. The average Bonchev–Trinajstić information content (AvgIpc) is 2.41. The fraction of sp³-hybridized carbons (Fsp3) is 0.944. The highest BCUT2D eigenvalue weighted by Gasteiger charge is 2.68. The number of hydrogen-bond donors (Lipinski definition) is 0. The van der Waals surface area contributed by atoms with Crippen LogP contribution >= 0.6 is 15.0 Å². The summed E-state index contributed by atoms with van der Waals surface area (Å²) in [6.07, 6.45) is -1.01. The van der Waals surface area contributed by atoms with Gasteiger partial charge in [-0.05, 0) is 61.2 Å². The summed E-state index contributed by atoms with van der Waals surface area (Å²) in [6.45, 7) is 20.3. The summed E-state index contributed by atoms with van der Waals surface area (Å²) in [7, 11) is -11.0. The molecule has 7 nitrogen and oxygen atoms in total. The molecule has 2 unspecified atom stereocenters. The quantitative estimate of drug-likeness (QED) is 0.260. The van der Waals surface area contributed by atoms with Crippen LogP contribution < -0.4 is 0 Å². The van der Waals surface area contributed by atoms with Gasteiger partial charge < -0.3 is 18.0 Å². The molecule has 0 aliphatic heterocycles. The van der Waals surface area contributed by atoms with Crippen LogP contribution in [0, 0.1) is 5.41 Å². The maximum atomic E-state index is 14.3.